The van der Waals surface area contributed by atoms with E-state index in [0.29, 0.717) is 36.6 Å². The summed E-state index contributed by atoms with van der Waals surface area (Å²) >= 11 is 0. The van der Waals surface area contributed by atoms with Gasteiger partial charge in [0.05, 0.1) is 10.5 Å². The Morgan fingerprint density at radius 3 is 2.37 bits per heavy atom. The molecule has 0 atom stereocenters. The Hall–Kier alpha value is -2.43. The molecule has 1 aromatic heterocycles. The number of aromatic nitrogens is 1. The van der Waals surface area contributed by atoms with Crippen LogP contribution in [0, 0.1) is 11.3 Å². The molecule has 0 amide bonds. The van der Waals surface area contributed by atoms with Crippen molar-refractivity contribution < 1.29 is 8.42 Å². The lowest BCUT2D eigenvalue weighted by Crippen LogP contribution is -2.48. The predicted molar refractivity (Wildman–Crippen MR) is 103 cm³/mol. The smallest absolute Gasteiger partial charge is 0.243 e. The van der Waals surface area contributed by atoms with E-state index in [-0.39, 0.29) is 0 Å². The van der Waals surface area contributed by atoms with Gasteiger partial charge in [-0.1, -0.05) is 6.07 Å². The van der Waals surface area contributed by atoms with Crippen molar-refractivity contribution in [2.24, 2.45) is 0 Å². The Kier molecular flexibility index (Phi) is 4.85. The minimum atomic E-state index is -3.47. The number of rotatable bonds is 3. The van der Waals surface area contributed by atoms with Crippen LogP contribution in [0.15, 0.2) is 41.4 Å². The van der Waals surface area contributed by atoms with Crippen LogP contribution in [0.3, 0.4) is 0 Å². The summed E-state index contributed by atoms with van der Waals surface area (Å²) in [5.41, 5.74) is 2.99. The van der Waals surface area contributed by atoms with Crippen LogP contribution in [-0.2, 0) is 22.9 Å². The molecule has 0 spiro atoms. The lowest BCUT2D eigenvalue weighted by atomic mass is 9.92. The summed E-state index contributed by atoms with van der Waals surface area (Å²) in [6.45, 7) is 2.04. The van der Waals surface area contributed by atoms with E-state index in [1.165, 1.54) is 17.5 Å². The largest absolute Gasteiger partial charge is 0.354 e. The number of hydrogen-bond acceptors (Lipinski definition) is 5. The highest BCUT2D eigenvalue weighted by Crippen LogP contribution is 2.26. The van der Waals surface area contributed by atoms with Crippen LogP contribution in [0.2, 0.25) is 0 Å². The third-order valence-electron chi connectivity index (χ3n) is 5.40. The predicted octanol–water partition coefficient (Wildman–Crippen LogP) is 2.34. The van der Waals surface area contributed by atoms with Gasteiger partial charge in [0.25, 0.3) is 0 Å². The second-order valence-electron chi connectivity index (χ2n) is 7.05. The Labute approximate surface area is 160 Å². The molecule has 2 heterocycles. The summed E-state index contributed by atoms with van der Waals surface area (Å²) in [4.78, 5) is 6.77. The first-order chi connectivity index (χ1) is 13.1. The number of benzene rings is 1. The number of nitriles is 1. The second-order valence-corrected chi connectivity index (χ2v) is 8.98. The van der Waals surface area contributed by atoms with Crippen molar-refractivity contribution in [1.29, 1.82) is 5.26 Å². The molecule has 4 rings (SSSR count). The highest BCUT2D eigenvalue weighted by Gasteiger charge is 2.29. The minimum Gasteiger partial charge on any atom is -0.354 e. The van der Waals surface area contributed by atoms with Gasteiger partial charge in [-0.3, -0.25) is 0 Å². The van der Waals surface area contributed by atoms with Crippen LogP contribution < -0.4 is 4.90 Å². The number of anilines is 1. The molecule has 2 aliphatic rings. The zero-order chi connectivity index (χ0) is 18.9. The fraction of sp³-hybridized carbons (Fsp3) is 0.400. The molecule has 1 fully saturated rings. The van der Waals surface area contributed by atoms with Crippen molar-refractivity contribution >= 4 is 15.8 Å². The van der Waals surface area contributed by atoms with E-state index in [9.17, 15) is 8.42 Å². The standard InChI is InChI=1S/C20H22N4O2S/c21-14-16-5-8-20(22-15-16)23-9-11-24(12-10-23)27(25,26)19-7-6-17-3-1-2-4-18(17)13-19/h5-8,13,15H,1-4,9-12H2. The van der Waals surface area contributed by atoms with E-state index in [2.05, 4.69) is 16.0 Å². The number of aryl methyl sites for hydroxylation is 2. The number of hydrogen-bond donors (Lipinski definition) is 0. The normalized spacial score (nSPS) is 18.0. The van der Waals surface area contributed by atoms with Gasteiger partial charge >= 0.3 is 0 Å². The number of nitrogens with zero attached hydrogens (tertiary/aromatic N) is 4. The number of piperazine rings is 1. The van der Waals surface area contributed by atoms with Crippen molar-refractivity contribution in [3.05, 3.63) is 53.2 Å². The summed E-state index contributed by atoms with van der Waals surface area (Å²) in [6, 6.07) is 11.2. The van der Waals surface area contributed by atoms with Crippen LogP contribution in [-0.4, -0.2) is 43.9 Å². The van der Waals surface area contributed by atoms with Crippen molar-refractivity contribution in [2.45, 2.75) is 30.6 Å². The molecule has 1 aliphatic carbocycles. The maximum absolute atomic E-state index is 13.1. The third kappa shape index (κ3) is 3.55. The lowest BCUT2D eigenvalue weighted by Gasteiger charge is -2.34. The molecule has 0 bridgehead atoms. The summed E-state index contributed by atoms with van der Waals surface area (Å²) < 4.78 is 27.7. The highest BCUT2D eigenvalue weighted by atomic mass is 32.2. The monoisotopic (exact) mass is 382 g/mol. The fourth-order valence-electron chi connectivity index (χ4n) is 3.82. The van der Waals surface area contributed by atoms with Gasteiger partial charge in [0.1, 0.15) is 11.9 Å². The average Bonchev–Trinajstić information content (AvgIpc) is 2.73. The number of fused-ring (bicyclic) bond motifs is 1. The van der Waals surface area contributed by atoms with Gasteiger partial charge in [-0.05, 0) is 61.1 Å². The molecule has 0 radical (unpaired) electrons. The molecule has 1 aliphatic heterocycles. The first-order valence-electron chi connectivity index (χ1n) is 9.31. The Balaban J connectivity index is 1.47. The Bertz CT molecular complexity index is 972. The van der Waals surface area contributed by atoms with E-state index in [0.717, 1.165) is 25.1 Å². The van der Waals surface area contributed by atoms with E-state index < -0.39 is 10.0 Å². The van der Waals surface area contributed by atoms with Gasteiger partial charge in [0.15, 0.2) is 0 Å². The Morgan fingerprint density at radius 2 is 1.70 bits per heavy atom. The van der Waals surface area contributed by atoms with Crippen molar-refractivity contribution in [3.8, 4) is 6.07 Å². The van der Waals surface area contributed by atoms with Gasteiger partial charge in [0.2, 0.25) is 10.0 Å². The molecule has 140 valence electrons. The average molecular weight is 382 g/mol. The molecule has 0 saturated carbocycles. The lowest BCUT2D eigenvalue weighted by molar-refractivity contribution is 0.383. The quantitative estimate of drug-likeness (QED) is 0.814. The van der Waals surface area contributed by atoms with E-state index in [1.807, 2.05) is 18.2 Å². The third-order valence-corrected chi connectivity index (χ3v) is 7.29. The van der Waals surface area contributed by atoms with Gasteiger partial charge in [0, 0.05) is 32.4 Å². The van der Waals surface area contributed by atoms with Crippen LogP contribution in [0.1, 0.15) is 29.5 Å². The maximum Gasteiger partial charge on any atom is 0.243 e. The van der Waals surface area contributed by atoms with Gasteiger partial charge in [-0.2, -0.15) is 9.57 Å². The summed E-state index contributed by atoms with van der Waals surface area (Å²) in [5, 5.41) is 8.87. The van der Waals surface area contributed by atoms with Crippen molar-refractivity contribution in [3.63, 3.8) is 0 Å². The van der Waals surface area contributed by atoms with E-state index in [4.69, 9.17) is 5.26 Å². The summed E-state index contributed by atoms with van der Waals surface area (Å²) in [7, 11) is -3.47. The highest BCUT2D eigenvalue weighted by molar-refractivity contribution is 7.89. The van der Waals surface area contributed by atoms with Crippen LogP contribution >= 0.6 is 0 Å². The zero-order valence-electron chi connectivity index (χ0n) is 15.1. The molecule has 27 heavy (non-hydrogen) atoms. The van der Waals surface area contributed by atoms with Crippen molar-refractivity contribution in [2.75, 3.05) is 31.1 Å². The molecule has 6 nitrogen and oxygen atoms in total. The van der Waals surface area contributed by atoms with Crippen LogP contribution in [0.25, 0.3) is 0 Å². The van der Waals surface area contributed by atoms with Crippen molar-refractivity contribution in [1.82, 2.24) is 9.29 Å². The van der Waals surface area contributed by atoms with Crippen LogP contribution in [0.4, 0.5) is 5.82 Å². The van der Waals surface area contributed by atoms with Gasteiger partial charge in [-0.15, -0.1) is 0 Å². The summed E-state index contributed by atoms with van der Waals surface area (Å²) in [5.74, 6) is 0.778. The maximum atomic E-state index is 13.1. The van der Waals surface area contributed by atoms with Crippen LogP contribution in [0.5, 0.6) is 0 Å². The van der Waals surface area contributed by atoms with E-state index in [1.54, 1.807) is 22.6 Å². The molecular weight excluding hydrogens is 360 g/mol. The minimum absolute atomic E-state index is 0.410. The number of sulfonamides is 1. The SMILES string of the molecule is N#Cc1ccc(N2CCN(S(=O)(=O)c3ccc4c(c3)CCCC4)CC2)nc1. The molecule has 0 N–H and O–H groups in total. The fourth-order valence-corrected chi connectivity index (χ4v) is 5.29. The molecule has 1 aromatic carbocycles. The second kappa shape index (κ2) is 7.29. The first-order valence-corrected chi connectivity index (χ1v) is 10.7. The first kappa shape index (κ1) is 18.0. The Morgan fingerprint density at radius 1 is 0.963 bits per heavy atom. The number of pyridine rings is 1. The zero-order valence-corrected chi connectivity index (χ0v) is 16.0. The topological polar surface area (TPSA) is 77.3 Å². The molecule has 1 saturated heterocycles. The summed E-state index contributed by atoms with van der Waals surface area (Å²) in [6.07, 6.45) is 5.88. The van der Waals surface area contributed by atoms with Gasteiger partial charge < -0.3 is 4.90 Å². The molecule has 0 unspecified atom stereocenters. The molecular formula is C20H22N4O2S. The molecule has 2 aromatic rings. The van der Waals surface area contributed by atoms with Gasteiger partial charge in [-0.25, -0.2) is 13.4 Å². The van der Waals surface area contributed by atoms with E-state index >= 15 is 0 Å². The molecule has 7 heteroatoms.